The maximum Gasteiger partial charge on any atom is 0.306 e. The first kappa shape index (κ1) is 12.9. The van der Waals surface area contributed by atoms with Gasteiger partial charge in [-0.25, -0.2) is 0 Å². The van der Waals surface area contributed by atoms with Crippen LogP contribution in [0.1, 0.15) is 43.9 Å². The zero-order valence-electron chi connectivity index (χ0n) is 11.3. The summed E-state index contributed by atoms with van der Waals surface area (Å²) >= 11 is 0. The third kappa shape index (κ3) is 3.46. The second-order valence-corrected chi connectivity index (χ2v) is 5.73. The number of carbonyl (C=O) groups is 1. The average molecular weight is 244 g/mol. The normalized spacial score (nSPS) is 13.5. The van der Waals surface area contributed by atoms with E-state index in [-0.39, 0.29) is 5.97 Å². The van der Waals surface area contributed by atoms with Gasteiger partial charge in [-0.2, -0.15) is 0 Å². The lowest BCUT2D eigenvalue weighted by molar-refractivity contribution is -0.154. The second-order valence-electron chi connectivity index (χ2n) is 5.73. The van der Waals surface area contributed by atoms with Crippen molar-refractivity contribution in [1.82, 2.24) is 0 Å². The van der Waals surface area contributed by atoms with E-state index >= 15 is 0 Å². The number of esters is 1. The van der Waals surface area contributed by atoms with Crippen LogP contribution < -0.4 is 0 Å². The maximum atomic E-state index is 11.6. The van der Waals surface area contributed by atoms with Crippen molar-refractivity contribution in [2.45, 2.75) is 45.6 Å². The lowest BCUT2D eigenvalue weighted by Gasteiger charge is -2.19. The van der Waals surface area contributed by atoms with Gasteiger partial charge in [0.15, 0.2) is 0 Å². The topological polar surface area (TPSA) is 26.3 Å². The Kier molecular flexibility index (Phi) is 3.55. The molecule has 0 saturated heterocycles. The number of benzene rings is 1. The fourth-order valence-corrected chi connectivity index (χ4v) is 2.09. The van der Waals surface area contributed by atoms with Gasteiger partial charge >= 0.3 is 5.97 Å². The number of ether oxygens (including phenoxy) is 1. The highest BCUT2D eigenvalue weighted by Crippen LogP contribution is 2.21. The van der Waals surface area contributed by atoms with Crippen LogP contribution in [0.5, 0.6) is 0 Å². The predicted molar refractivity (Wildman–Crippen MR) is 73.3 cm³/mol. The molecule has 0 atom stereocenters. The molecule has 1 aromatic rings. The lowest BCUT2D eigenvalue weighted by Crippen LogP contribution is -2.24. The molecule has 0 heterocycles. The Bertz CT molecular complexity index is 478. The van der Waals surface area contributed by atoms with Crippen LogP contribution in [0.15, 0.2) is 24.3 Å². The number of carbonyl (C=O) groups excluding carboxylic acids is 1. The third-order valence-electron chi connectivity index (χ3n) is 2.88. The van der Waals surface area contributed by atoms with Crippen molar-refractivity contribution >= 4 is 12.0 Å². The first-order valence-electron chi connectivity index (χ1n) is 6.44. The lowest BCUT2D eigenvalue weighted by atomic mass is 10.0. The Morgan fingerprint density at radius 3 is 2.83 bits per heavy atom. The fourth-order valence-electron chi connectivity index (χ4n) is 2.09. The van der Waals surface area contributed by atoms with E-state index in [0.717, 1.165) is 12.8 Å². The SMILES string of the molecule is CC(C)(C)OC(=O)CCc1ccc2c(c1)C=CC2. The average Bonchev–Trinajstić information content (AvgIpc) is 2.71. The van der Waals surface area contributed by atoms with Crippen molar-refractivity contribution < 1.29 is 9.53 Å². The van der Waals surface area contributed by atoms with Crippen molar-refractivity contribution in [3.63, 3.8) is 0 Å². The first-order valence-corrected chi connectivity index (χ1v) is 6.44. The van der Waals surface area contributed by atoms with Gasteiger partial charge in [0.1, 0.15) is 5.60 Å². The highest BCUT2D eigenvalue weighted by Gasteiger charge is 2.16. The van der Waals surface area contributed by atoms with E-state index in [1.54, 1.807) is 0 Å². The molecule has 96 valence electrons. The molecule has 0 bridgehead atoms. The molecular weight excluding hydrogens is 224 g/mol. The molecule has 2 heteroatoms. The summed E-state index contributed by atoms with van der Waals surface area (Å²) in [6, 6.07) is 6.43. The molecule has 0 aromatic heterocycles. The molecule has 1 aliphatic rings. The predicted octanol–water partition coefficient (Wildman–Crippen LogP) is 3.53. The van der Waals surface area contributed by atoms with E-state index < -0.39 is 5.60 Å². The number of fused-ring (bicyclic) bond motifs is 1. The summed E-state index contributed by atoms with van der Waals surface area (Å²) in [5.74, 6) is -0.126. The molecule has 0 saturated carbocycles. The van der Waals surface area contributed by atoms with E-state index in [0.29, 0.717) is 6.42 Å². The Morgan fingerprint density at radius 2 is 2.11 bits per heavy atom. The van der Waals surface area contributed by atoms with Crippen LogP contribution in [0.3, 0.4) is 0 Å². The van der Waals surface area contributed by atoms with Gasteiger partial charge in [-0.1, -0.05) is 30.4 Å². The van der Waals surface area contributed by atoms with Crippen molar-refractivity contribution in [1.29, 1.82) is 0 Å². The van der Waals surface area contributed by atoms with Gasteiger partial charge < -0.3 is 4.74 Å². The molecule has 0 spiro atoms. The zero-order chi connectivity index (χ0) is 13.2. The van der Waals surface area contributed by atoms with Crippen LogP contribution in [0.2, 0.25) is 0 Å². The van der Waals surface area contributed by atoms with Crippen LogP contribution in [0.25, 0.3) is 6.08 Å². The molecule has 1 aliphatic carbocycles. The highest BCUT2D eigenvalue weighted by molar-refractivity contribution is 5.70. The first-order chi connectivity index (χ1) is 8.44. The maximum absolute atomic E-state index is 11.6. The standard InChI is InChI=1S/C16H20O2/c1-16(2,3)18-15(17)10-8-12-7-9-13-5-4-6-14(13)11-12/h4,6-7,9,11H,5,8,10H2,1-3H3. The van der Waals surface area contributed by atoms with E-state index in [4.69, 9.17) is 4.74 Å². The largest absolute Gasteiger partial charge is 0.460 e. The molecule has 2 rings (SSSR count). The van der Waals surface area contributed by atoms with Crippen LogP contribution in [0, 0.1) is 0 Å². The molecule has 18 heavy (non-hydrogen) atoms. The van der Waals surface area contributed by atoms with Crippen molar-refractivity contribution in [2.75, 3.05) is 0 Å². The molecular formula is C16H20O2. The van der Waals surface area contributed by atoms with Crippen molar-refractivity contribution in [2.24, 2.45) is 0 Å². The summed E-state index contributed by atoms with van der Waals surface area (Å²) in [6.07, 6.45) is 6.53. The van der Waals surface area contributed by atoms with E-state index in [9.17, 15) is 4.79 Å². The summed E-state index contributed by atoms with van der Waals surface area (Å²) in [6.45, 7) is 5.68. The van der Waals surface area contributed by atoms with Crippen LogP contribution in [-0.2, 0) is 22.4 Å². The molecule has 0 N–H and O–H groups in total. The Morgan fingerprint density at radius 1 is 1.33 bits per heavy atom. The minimum absolute atomic E-state index is 0.126. The fraction of sp³-hybridized carbons (Fsp3) is 0.438. The summed E-state index contributed by atoms with van der Waals surface area (Å²) in [5, 5.41) is 0. The highest BCUT2D eigenvalue weighted by atomic mass is 16.6. The van der Waals surface area contributed by atoms with Crippen LogP contribution in [0.4, 0.5) is 0 Å². The van der Waals surface area contributed by atoms with Gasteiger partial charge in [-0.3, -0.25) is 4.79 Å². The van der Waals surface area contributed by atoms with Gasteiger partial charge in [0.05, 0.1) is 0 Å². The Balaban J connectivity index is 1.91. The second kappa shape index (κ2) is 4.97. The van der Waals surface area contributed by atoms with Crippen LogP contribution in [-0.4, -0.2) is 11.6 Å². The van der Waals surface area contributed by atoms with E-state index in [2.05, 4.69) is 30.4 Å². The molecule has 0 fully saturated rings. The monoisotopic (exact) mass is 244 g/mol. The number of rotatable bonds is 3. The third-order valence-corrected chi connectivity index (χ3v) is 2.88. The number of hydrogen-bond donors (Lipinski definition) is 0. The molecule has 0 aliphatic heterocycles. The summed E-state index contributed by atoms with van der Waals surface area (Å²) in [4.78, 5) is 11.6. The van der Waals surface area contributed by atoms with E-state index in [1.807, 2.05) is 20.8 Å². The number of hydrogen-bond acceptors (Lipinski definition) is 2. The van der Waals surface area contributed by atoms with Gasteiger partial charge in [0, 0.05) is 6.42 Å². The summed E-state index contributed by atoms with van der Waals surface area (Å²) in [5.41, 5.74) is 3.47. The van der Waals surface area contributed by atoms with Crippen molar-refractivity contribution in [3.8, 4) is 0 Å². The molecule has 0 radical (unpaired) electrons. The van der Waals surface area contributed by atoms with Gasteiger partial charge in [-0.05, 0) is 50.3 Å². The van der Waals surface area contributed by atoms with Gasteiger partial charge in [0.2, 0.25) is 0 Å². The van der Waals surface area contributed by atoms with Gasteiger partial charge in [-0.15, -0.1) is 0 Å². The van der Waals surface area contributed by atoms with Gasteiger partial charge in [0.25, 0.3) is 0 Å². The zero-order valence-corrected chi connectivity index (χ0v) is 11.3. The summed E-state index contributed by atoms with van der Waals surface area (Å²) in [7, 11) is 0. The quantitative estimate of drug-likeness (QED) is 0.760. The molecule has 0 amide bonds. The van der Waals surface area contributed by atoms with Crippen molar-refractivity contribution in [3.05, 3.63) is 41.0 Å². The number of allylic oxidation sites excluding steroid dienone is 1. The van der Waals surface area contributed by atoms with E-state index in [1.165, 1.54) is 16.7 Å². The molecule has 0 unspecified atom stereocenters. The number of aryl methyl sites for hydroxylation is 1. The Hall–Kier alpha value is -1.57. The molecule has 1 aromatic carbocycles. The Labute approximate surface area is 109 Å². The molecule has 2 nitrogen and oxygen atoms in total. The smallest absolute Gasteiger partial charge is 0.306 e. The minimum Gasteiger partial charge on any atom is -0.460 e. The minimum atomic E-state index is -0.391. The van der Waals surface area contributed by atoms with Crippen LogP contribution >= 0.6 is 0 Å². The summed E-state index contributed by atoms with van der Waals surface area (Å²) < 4.78 is 5.30.